The quantitative estimate of drug-likeness (QED) is 0.650. The van der Waals surface area contributed by atoms with E-state index in [1.807, 2.05) is 6.07 Å². The monoisotopic (exact) mass is 353 g/mol. The number of amides is 1. The molecule has 0 saturated heterocycles. The van der Waals surface area contributed by atoms with Gasteiger partial charge in [-0.3, -0.25) is 10.2 Å². The van der Waals surface area contributed by atoms with Crippen LogP contribution >= 0.6 is 0 Å². The van der Waals surface area contributed by atoms with Crippen LogP contribution in [0.3, 0.4) is 0 Å². The Morgan fingerprint density at radius 3 is 2.77 bits per heavy atom. The summed E-state index contributed by atoms with van der Waals surface area (Å²) >= 11 is 0. The van der Waals surface area contributed by atoms with Gasteiger partial charge in [0, 0.05) is 11.6 Å². The first-order valence-corrected chi connectivity index (χ1v) is 7.94. The summed E-state index contributed by atoms with van der Waals surface area (Å²) in [5.74, 6) is 1.48. The van der Waals surface area contributed by atoms with E-state index >= 15 is 0 Å². The van der Waals surface area contributed by atoms with Gasteiger partial charge >= 0.3 is 0 Å². The van der Waals surface area contributed by atoms with E-state index in [1.165, 1.54) is 5.06 Å². The average molecular weight is 353 g/mol. The molecule has 26 heavy (non-hydrogen) atoms. The second-order valence-corrected chi connectivity index (χ2v) is 5.73. The Bertz CT molecular complexity index is 896. The first kappa shape index (κ1) is 17.5. The fourth-order valence-electron chi connectivity index (χ4n) is 2.82. The number of aliphatic imine (C=N–C) groups is 1. The molecule has 0 bridgehead atoms. The summed E-state index contributed by atoms with van der Waals surface area (Å²) in [6.07, 6.45) is 5.53. The molecule has 0 atom stereocenters. The van der Waals surface area contributed by atoms with Gasteiger partial charge in [0.05, 0.1) is 19.8 Å². The van der Waals surface area contributed by atoms with E-state index in [1.54, 1.807) is 45.4 Å². The van der Waals surface area contributed by atoms with Crippen LogP contribution in [0.25, 0.3) is 6.08 Å². The van der Waals surface area contributed by atoms with E-state index in [4.69, 9.17) is 19.7 Å². The lowest BCUT2D eigenvalue weighted by atomic mass is 10.0. The number of hydroxylamine groups is 2. The SMILES string of the molecule is C=CCc1cc(/C=C2\C(=N)N3OC(C)=CC3=NC2=O)cc(OC)c1OC. The highest BCUT2D eigenvalue weighted by atomic mass is 16.7. The molecular formula is C19H19N3O4. The Balaban J connectivity index is 2.05. The number of carbonyl (C=O) groups is 1. The molecule has 2 aliphatic heterocycles. The third-order valence-corrected chi connectivity index (χ3v) is 3.93. The number of benzene rings is 1. The van der Waals surface area contributed by atoms with Crippen molar-refractivity contribution in [1.82, 2.24) is 5.06 Å². The van der Waals surface area contributed by atoms with Crippen LogP contribution in [0.2, 0.25) is 0 Å². The van der Waals surface area contributed by atoms with Crippen LogP contribution in [0.15, 0.2) is 47.2 Å². The third kappa shape index (κ3) is 2.99. The maximum Gasteiger partial charge on any atom is 0.282 e. The predicted octanol–water partition coefficient (Wildman–Crippen LogP) is 2.88. The number of nitrogens with zero attached hydrogens (tertiary/aromatic N) is 2. The summed E-state index contributed by atoms with van der Waals surface area (Å²) < 4.78 is 10.8. The molecule has 1 N–H and O–H groups in total. The molecule has 2 aliphatic rings. The Morgan fingerprint density at radius 1 is 1.35 bits per heavy atom. The van der Waals surface area contributed by atoms with Gasteiger partial charge in [-0.15, -0.1) is 11.6 Å². The zero-order valence-electron chi connectivity index (χ0n) is 14.8. The minimum Gasteiger partial charge on any atom is -0.493 e. The highest BCUT2D eigenvalue weighted by molar-refractivity contribution is 6.32. The number of ether oxygens (including phenoxy) is 2. The molecule has 0 aliphatic carbocycles. The van der Waals surface area contributed by atoms with E-state index in [0.29, 0.717) is 35.1 Å². The second kappa shape index (κ2) is 6.87. The Hall–Kier alpha value is -3.35. The van der Waals surface area contributed by atoms with Gasteiger partial charge in [0.2, 0.25) is 0 Å². The molecule has 134 valence electrons. The van der Waals surface area contributed by atoms with Crippen molar-refractivity contribution in [3.8, 4) is 11.5 Å². The summed E-state index contributed by atoms with van der Waals surface area (Å²) in [6.45, 7) is 5.49. The van der Waals surface area contributed by atoms with Crippen LogP contribution in [0.5, 0.6) is 11.5 Å². The van der Waals surface area contributed by atoms with Crippen molar-refractivity contribution in [2.75, 3.05) is 14.2 Å². The van der Waals surface area contributed by atoms with Crippen LogP contribution in [0.1, 0.15) is 18.1 Å². The highest BCUT2D eigenvalue weighted by Gasteiger charge is 2.34. The van der Waals surface area contributed by atoms with Crippen molar-refractivity contribution in [3.63, 3.8) is 0 Å². The molecule has 0 fully saturated rings. The molecule has 1 aromatic carbocycles. The molecule has 0 aromatic heterocycles. The summed E-state index contributed by atoms with van der Waals surface area (Å²) in [4.78, 5) is 21.8. The van der Waals surface area contributed by atoms with E-state index < -0.39 is 5.91 Å². The number of amidine groups is 2. The molecular weight excluding hydrogens is 334 g/mol. The first-order valence-electron chi connectivity index (χ1n) is 7.94. The van der Waals surface area contributed by atoms with Gasteiger partial charge in [-0.25, -0.2) is 0 Å². The second-order valence-electron chi connectivity index (χ2n) is 5.73. The normalized spacial score (nSPS) is 17.5. The number of hydrogen-bond donors (Lipinski definition) is 1. The van der Waals surface area contributed by atoms with Gasteiger partial charge in [-0.2, -0.15) is 4.99 Å². The van der Waals surface area contributed by atoms with Crippen LogP contribution < -0.4 is 9.47 Å². The first-order chi connectivity index (χ1) is 12.5. The van der Waals surface area contributed by atoms with Crippen molar-refractivity contribution in [3.05, 3.63) is 53.3 Å². The Morgan fingerprint density at radius 2 is 2.12 bits per heavy atom. The number of nitrogens with one attached hydrogen (secondary N) is 1. The average Bonchev–Trinajstić information content (AvgIpc) is 2.98. The molecule has 0 unspecified atom stereocenters. The maximum atomic E-state index is 12.4. The highest BCUT2D eigenvalue weighted by Crippen LogP contribution is 2.34. The van der Waals surface area contributed by atoms with Crippen molar-refractivity contribution in [2.24, 2.45) is 4.99 Å². The standard InChI is InChI=1S/C19H19N3O4/c1-5-6-13-8-12(10-15(24-3)17(13)25-4)9-14-18(20)22-16(21-19(14)23)7-11(2)26-22/h5,7-10,20H,1,6H2,2-4H3/b14-9+,20-18?. The van der Waals surface area contributed by atoms with Crippen molar-refractivity contribution < 1.29 is 19.1 Å². The van der Waals surface area contributed by atoms with Gasteiger partial charge < -0.3 is 14.3 Å². The molecule has 3 rings (SSSR count). The smallest absolute Gasteiger partial charge is 0.282 e. The molecule has 0 spiro atoms. The fraction of sp³-hybridized carbons (Fsp3) is 0.211. The zero-order valence-corrected chi connectivity index (χ0v) is 14.8. The van der Waals surface area contributed by atoms with Crippen LogP contribution in [-0.4, -0.2) is 36.9 Å². The summed E-state index contributed by atoms with van der Waals surface area (Å²) in [5, 5.41) is 9.51. The van der Waals surface area contributed by atoms with Gasteiger partial charge in [-0.05, 0) is 37.1 Å². The molecule has 7 heteroatoms. The van der Waals surface area contributed by atoms with Crippen LogP contribution in [0, 0.1) is 5.41 Å². The fourth-order valence-corrected chi connectivity index (χ4v) is 2.82. The van der Waals surface area contributed by atoms with Crippen LogP contribution in [0.4, 0.5) is 0 Å². The topological polar surface area (TPSA) is 84.2 Å². The maximum absolute atomic E-state index is 12.4. The molecule has 2 heterocycles. The molecule has 1 amide bonds. The largest absolute Gasteiger partial charge is 0.493 e. The lowest BCUT2D eigenvalue weighted by Gasteiger charge is -2.23. The zero-order chi connectivity index (χ0) is 18.8. The van der Waals surface area contributed by atoms with Crippen molar-refractivity contribution >= 4 is 23.7 Å². The number of carbonyl (C=O) groups excluding carboxylic acids is 1. The van der Waals surface area contributed by atoms with Crippen LogP contribution in [-0.2, 0) is 16.1 Å². The lowest BCUT2D eigenvalue weighted by Crippen LogP contribution is -2.38. The summed E-state index contributed by atoms with van der Waals surface area (Å²) in [6, 6.07) is 3.61. The van der Waals surface area contributed by atoms with Gasteiger partial charge in [-0.1, -0.05) is 6.08 Å². The molecule has 1 aromatic rings. The van der Waals surface area contributed by atoms with Crippen molar-refractivity contribution in [2.45, 2.75) is 13.3 Å². The lowest BCUT2D eigenvalue weighted by molar-refractivity contribution is -0.114. The number of hydrogen-bond acceptors (Lipinski definition) is 5. The van der Waals surface area contributed by atoms with E-state index in [0.717, 1.165) is 5.56 Å². The minimum atomic E-state index is -0.490. The number of allylic oxidation sites excluding steroid dienone is 2. The number of rotatable bonds is 5. The minimum absolute atomic E-state index is 0.0619. The molecule has 0 saturated carbocycles. The van der Waals surface area contributed by atoms with E-state index in [2.05, 4.69) is 11.6 Å². The Labute approximate surface area is 151 Å². The van der Waals surface area contributed by atoms with Crippen molar-refractivity contribution in [1.29, 1.82) is 5.41 Å². The molecule has 7 nitrogen and oxygen atoms in total. The molecule has 0 radical (unpaired) electrons. The van der Waals surface area contributed by atoms with Gasteiger partial charge in [0.15, 0.2) is 23.2 Å². The third-order valence-electron chi connectivity index (χ3n) is 3.93. The number of fused-ring (bicyclic) bond motifs is 1. The van der Waals surface area contributed by atoms with Gasteiger partial charge in [0.25, 0.3) is 5.91 Å². The Kier molecular flexibility index (Phi) is 4.62. The summed E-state index contributed by atoms with van der Waals surface area (Å²) in [5.41, 5.74) is 1.69. The van der Waals surface area contributed by atoms with E-state index in [9.17, 15) is 4.79 Å². The summed E-state index contributed by atoms with van der Waals surface area (Å²) in [7, 11) is 3.11. The predicted molar refractivity (Wildman–Crippen MR) is 98.3 cm³/mol. The van der Waals surface area contributed by atoms with E-state index in [-0.39, 0.29) is 11.4 Å². The van der Waals surface area contributed by atoms with Gasteiger partial charge in [0.1, 0.15) is 5.76 Å². The number of methoxy groups -OCH3 is 2.